The van der Waals surface area contributed by atoms with Crippen molar-refractivity contribution in [1.29, 1.82) is 0 Å². The van der Waals surface area contributed by atoms with Crippen molar-refractivity contribution in [1.82, 2.24) is 15.4 Å². The number of thioether (sulfide) groups is 1. The van der Waals surface area contributed by atoms with Crippen LogP contribution in [-0.2, 0) is 34.1 Å². The van der Waals surface area contributed by atoms with Crippen LogP contribution in [0.25, 0.3) is 0 Å². The van der Waals surface area contributed by atoms with E-state index >= 15 is 0 Å². The van der Waals surface area contributed by atoms with Gasteiger partial charge >= 0.3 is 0 Å². The zero-order chi connectivity index (χ0) is 38.5. The molecule has 0 radical (unpaired) electrons. The van der Waals surface area contributed by atoms with E-state index < -0.39 is 15.9 Å². The molecule has 1 unspecified atom stereocenters. The SMILES string of the molecule is CC(C)CC(NC(=O)c1cc(CCc2ccccc2)ccc1CCC(=O)NS(=O)(=O)C1=CCC=C(CNCC(=O)c2ccccc2)S1)c1ccc(F)cc1. The summed E-state index contributed by atoms with van der Waals surface area (Å²) in [6.45, 7) is 4.50. The maximum Gasteiger partial charge on any atom is 0.270 e. The van der Waals surface area contributed by atoms with Crippen molar-refractivity contribution in [3.8, 4) is 0 Å². The van der Waals surface area contributed by atoms with Crippen LogP contribution in [0.15, 0.2) is 124 Å². The summed E-state index contributed by atoms with van der Waals surface area (Å²) in [6.07, 6.45) is 5.86. The molecule has 5 rings (SSSR count). The number of halogens is 1. The average molecular weight is 768 g/mol. The molecule has 0 aliphatic carbocycles. The van der Waals surface area contributed by atoms with E-state index in [9.17, 15) is 27.2 Å². The Hall–Kier alpha value is -4.84. The minimum atomic E-state index is -4.15. The van der Waals surface area contributed by atoms with Gasteiger partial charge in [0.25, 0.3) is 15.9 Å². The van der Waals surface area contributed by atoms with E-state index in [1.165, 1.54) is 17.7 Å². The molecule has 8 nitrogen and oxygen atoms in total. The number of nitrogens with one attached hydrogen (secondary N) is 3. The molecule has 2 amide bonds. The smallest absolute Gasteiger partial charge is 0.270 e. The molecule has 1 aliphatic heterocycles. The molecule has 0 saturated carbocycles. The molecule has 1 heterocycles. The molecule has 4 aromatic carbocycles. The molecular weight excluding hydrogens is 722 g/mol. The summed E-state index contributed by atoms with van der Waals surface area (Å²) in [5, 5.41) is 6.22. The molecule has 0 spiro atoms. The van der Waals surface area contributed by atoms with E-state index in [1.807, 2.05) is 48.5 Å². The number of allylic oxidation sites excluding steroid dienone is 2. The second-order valence-electron chi connectivity index (χ2n) is 13.6. The topological polar surface area (TPSA) is 121 Å². The number of carbonyl (C=O) groups is 3. The van der Waals surface area contributed by atoms with E-state index in [0.29, 0.717) is 42.5 Å². The van der Waals surface area contributed by atoms with E-state index in [2.05, 4.69) is 41.3 Å². The highest BCUT2D eigenvalue weighted by molar-refractivity contribution is 8.20. The van der Waals surface area contributed by atoms with Gasteiger partial charge in [-0.2, -0.15) is 0 Å². The lowest BCUT2D eigenvalue weighted by Crippen LogP contribution is -2.32. The normalized spacial score (nSPS) is 13.5. The van der Waals surface area contributed by atoms with Gasteiger partial charge in [0.1, 0.15) is 10.1 Å². The van der Waals surface area contributed by atoms with Crippen LogP contribution in [-0.4, -0.2) is 39.1 Å². The first-order chi connectivity index (χ1) is 26.0. The highest BCUT2D eigenvalue weighted by Gasteiger charge is 2.25. The standard InChI is InChI=1S/C43H46FN3O5S2/c1-30(2)26-39(34-20-23-36(44)24-21-34)46-43(50)38-27-32(17-16-31-10-5-3-6-11-31)18-19-33(38)22-25-41(49)47-54(51,52)42-15-9-14-37(53-42)28-45-29-40(48)35-12-7-4-8-13-35/h3-8,10-15,18-21,23-24,27,30,39,45H,9,16-17,22,25-26,28-29H2,1-2H3,(H,46,50)(H,47,49). The number of hydrogen-bond acceptors (Lipinski definition) is 7. The number of aryl methyl sites for hydroxylation is 3. The van der Waals surface area contributed by atoms with Crippen molar-refractivity contribution in [2.45, 2.75) is 58.4 Å². The van der Waals surface area contributed by atoms with E-state index in [-0.39, 0.29) is 53.1 Å². The van der Waals surface area contributed by atoms with Gasteiger partial charge in [-0.1, -0.05) is 123 Å². The molecule has 0 saturated heterocycles. The van der Waals surface area contributed by atoms with E-state index in [0.717, 1.165) is 34.2 Å². The summed E-state index contributed by atoms with van der Waals surface area (Å²) < 4.78 is 42.5. The zero-order valence-corrected chi connectivity index (χ0v) is 32.1. The van der Waals surface area contributed by atoms with Crippen LogP contribution in [0.2, 0.25) is 0 Å². The Morgan fingerprint density at radius 3 is 2.20 bits per heavy atom. The van der Waals surface area contributed by atoms with E-state index in [1.54, 1.807) is 42.5 Å². The second kappa shape index (κ2) is 19.5. The zero-order valence-electron chi connectivity index (χ0n) is 30.5. The Kier molecular flexibility index (Phi) is 14.6. The van der Waals surface area contributed by atoms with Crippen LogP contribution in [0.3, 0.4) is 0 Å². The second-order valence-corrected chi connectivity index (χ2v) is 16.7. The van der Waals surface area contributed by atoms with Crippen molar-refractivity contribution in [3.63, 3.8) is 0 Å². The first-order valence-electron chi connectivity index (χ1n) is 18.1. The fourth-order valence-corrected chi connectivity index (χ4v) is 8.61. The van der Waals surface area contributed by atoms with Crippen LogP contribution >= 0.6 is 11.8 Å². The maximum absolute atomic E-state index is 14.0. The number of Topliss-reactive ketones (excluding diaryl/α,β-unsaturated/α-hetero) is 1. The summed E-state index contributed by atoms with van der Waals surface area (Å²) in [5.41, 5.74) is 4.51. The van der Waals surface area contributed by atoms with Crippen molar-refractivity contribution < 1.29 is 27.2 Å². The molecule has 282 valence electrons. The summed E-state index contributed by atoms with van der Waals surface area (Å²) >= 11 is 1.03. The Labute approximate surface area is 321 Å². The van der Waals surface area contributed by atoms with Crippen molar-refractivity contribution in [2.75, 3.05) is 13.1 Å². The first kappa shape index (κ1) is 40.3. The third-order valence-electron chi connectivity index (χ3n) is 8.93. The molecule has 1 aliphatic rings. The Morgan fingerprint density at radius 2 is 1.50 bits per heavy atom. The van der Waals surface area contributed by atoms with Gasteiger partial charge < -0.3 is 10.6 Å². The molecule has 0 fully saturated rings. The lowest BCUT2D eigenvalue weighted by Gasteiger charge is -2.22. The number of sulfonamides is 1. The minimum absolute atomic E-state index is 0.0179. The van der Waals surface area contributed by atoms with Crippen molar-refractivity contribution in [3.05, 3.63) is 164 Å². The number of ketones is 1. The van der Waals surface area contributed by atoms with Crippen molar-refractivity contribution in [2.24, 2.45) is 5.92 Å². The van der Waals surface area contributed by atoms with Gasteiger partial charge in [0.15, 0.2) is 5.78 Å². The summed E-state index contributed by atoms with van der Waals surface area (Å²) in [6, 6.07) is 30.3. The number of carbonyl (C=O) groups excluding carboxylic acids is 3. The van der Waals surface area contributed by atoms with Crippen LogP contribution in [0.1, 0.15) is 82.1 Å². The number of hydrogen-bond donors (Lipinski definition) is 3. The van der Waals surface area contributed by atoms with Gasteiger partial charge in [0.05, 0.1) is 12.6 Å². The Balaban J connectivity index is 1.23. The summed E-state index contributed by atoms with van der Waals surface area (Å²) in [5.74, 6) is -1.20. The summed E-state index contributed by atoms with van der Waals surface area (Å²) in [7, 11) is -4.15. The largest absolute Gasteiger partial charge is 0.345 e. The highest BCUT2D eigenvalue weighted by atomic mass is 32.3. The molecule has 1 atom stereocenters. The summed E-state index contributed by atoms with van der Waals surface area (Å²) in [4.78, 5) is 40.3. The molecule has 3 N–H and O–H groups in total. The molecule has 0 bridgehead atoms. The maximum atomic E-state index is 14.0. The molecule has 11 heteroatoms. The van der Waals surface area contributed by atoms with Gasteiger partial charge in [-0.3, -0.25) is 14.4 Å². The van der Waals surface area contributed by atoms with Crippen molar-refractivity contribution >= 4 is 39.4 Å². The fraction of sp³-hybridized carbons (Fsp3) is 0.279. The molecule has 0 aromatic heterocycles. The molecule has 54 heavy (non-hydrogen) atoms. The third kappa shape index (κ3) is 12.1. The Morgan fingerprint density at radius 1 is 0.815 bits per heavy atom. The lowest BCUT2D eigenvalue weighted by molar-refractivity contribution is -0.119. The van der Waals surface area contributed by atoms with Gasteiger partial charge in [-0.05, 0) is 78.5 Å². The highest BCUT2D eigenvalue weighted by Crippen LogP contribution is 2.33. The van der Waals surface area contributed by atoms with Gasteiger partial charge in [-0.25, -0.2) is 17.5 Å². The van der Waals surface area contributed by atoms with Gasteiger partial charge in [-0.15, -0.1) is 0 Å². The van der Waals surface area contributed by atoms with Gasteiger partial charge in [0, 0.05) is 29.0 Å². The predicted octanol–water partition coefficient (Wildman–Crippen LogP) is 7.84. The monoisotopic (exact) mass is 767 g/mol. The lowest BCUT2D eigenvalue weighted by atomic mass is 9.94. The van der Waals surface area contributed by atoms with Crippen LogP contribution < -0.4 is 15.4 Å². The predicted molar refractivity (Wildman–Crippen MR) is 214 cm³/mol. The Bertz CT molecular complexity index is 2080. The number of rotatable bonds is 18. The quantitative estimate of drug-likeness (QED) is 0.0883. The number of benzene rings is 4. The van der Waals surface area contributed by atoms with Crippen LogP contribution in [0.4, 0.5) is 4.39 Å². The third-order valence-corrected chi connectivity index (χ3v) is 12.0. The minimum Gasteiger partial charge on any atom is -0.345 e. The molecule has 4 aromatic rings. The fourth-order valence-electron chi connectivity index (χ4n) is 6.12. The first-order valence-corrected chi connectivity index (χ1v) is 20.4. The van der Waals surface area contributed by atoms with Crippen LogP contribution in [0, 0.1) is 11.7 Å². The van der Waals surface area contributed by atoms with Crippen LogP contribution in [0.5, 0.6) is 0 Å². The van der Waals surface area contributed by atoms with Gasteiger partial charge in [0.2, 0.25) is 5.91 Å². The van der Waals surface area contributed by atoms with E-state index in [4.69, 9.17) is 0 Å². The number of amides is 2. The average Bonchev–Trinajstić information content (AvgIpc) is 3.17. The molecular formula is C43H46FN3O5S2.